The van der Waals surface area contributed by atoms with Crippen LogP contribution in [0.1, 0.15) is 43.0 Å². The van der Waals surface area contributed by atoms with Crippen LogP contribution in [-0.2, 0) is 0 Å². The van der Waals surface area contributed by atoms with Gasteiger partial charge in [0.25, 0.3) is 5.91 Å². The summed E-state index contributed by atoms with van der Waals surface area (Å²) in [5.74, 6) is 0.764. The van der Waals surface area contributed by atoms with Gasteiger partial charge in [-0.15, -0.1) is 0 Å². The highest BCUT2D eigenvalue weighted by atomic mass is 35.5. The number of piperidine rings is 1. The second-order valence-corrected chi connectivity index (χ2v) is 6.77. The van der Waals surface area contributed by atoms with Crippen molar-refractivity contribution in [1.82, 2.24) is 5.32 Å². The fourth-order valence-electron chi connectivity index (χ4n) is 3.29. The van der Waals surface area contributed by atoms with E-state index in [2.05, 4.69) is 12.2 Å². The topological polar surface area (TPSA) is 52.0 Å². The molecule has 1 aromatic carbocycles. The number of quaternary nitrogens is 1. The van der Waals surface area contributed by atoms with E-state index in [0.29, 0.717) is 28.6 Å². The number of hydrogen-bond acceptors (Lipinski definition) is 3. The first-order valence-corrected chi connectivity index (χ1v) is 8.99. The highest BCUT2D eigenvalue weighted by Gasteiger charge is 2.21. The van der Waals surface area contributed by atoms with E-state index < -0.39 is 0 Å². The molecule has 1 aliphatic rings. The van der Waals surface area contributed by atoms with Crippen molar-refractivity contribution in [1.29, 1.82) is 0 Å². The van der Waals surface area contributed by atoms with Crippen LogP contribution in [0.4, 0.5) is 0 Å². The Kier molecular flexibility index (Phi) is 7.18. The fourth-order valence-corrected chi connectivity index (χ4v) is 3.58. The number of carbonyl (C=O) groups is 1. The van der Waals surface area contributed by atoms with Crippen LogP contribution in [0.2, 0.25) is 5.02 Å². The molecule has 1 amide bonds. The van der Waals surface area contributed by atoms with Crippen molar-refractivity contribution < 1.29 is 19.2 Å². The Morgan fingerprint density at radius 1 is 1.33 bits per heavy atom. The lowest BCUT2D eigenvalue weighted by atomic mass is 10.0. The molecule has 0 saturated carbocycles. The summed E-state index contributed by atoms with van der Waals surface area (Å²) < 4.78 is 10.4. The summed E-state index contributed by atoms with van der Waals surface area (Å²) in [5.41, 5.74) is 0.483. The molecule has 0 radical (unpaired) electrons. The molecule has 1 unspecified atom stereocenters. The molecular formula is C18H28ClN2O3+. The molecule has 0 aromatic heterocycles. The average molecular weight is 356 g/mol. The number of halogens is 1. The van der Waals surface area contributed by atoms with Gasteiger partial charge in [0.2, 0.25) is 0 Å². The van der Waals surface area contributed by atoms with Gasteiger partial charge >= 0.3 is 0 Å². The lowest BCUT2D eigenvalue weighted by Gasteiger charge is -2.30. The van der Waals surface area contributed by atoms with Gasteiger partial charge in [0.05, 0.1) is 38.4 Å². The zero-order chi connectivity index (χ0) is 17.5. The normalized spacial score (nSPS) is 20.5. The number of nitrogens with one attached hydrogen (secondary N) is 2. The third-order valence-corrected chi connectivity index (χ3v) is 5.02. The van der Waals surface area contributed by atoms with E-state index in [1.54, 1.807) is 17.0 Å². The molecule has 5 nitrogen and oxygen atoms in total. The number of amides is 1. The standard InChI is InChI=1S/C18H27ClN2O3/c1-13-7-4-5-9-21(13)10-6-8-20-18(22)14-11-15(19)17(24-3)16(12-14)23-2/h11-13H,4-10H2,1-3H3,(H,20,22)/p+1/t13-/m1/s1. The maximum Gasteiger partial charge on any atom is 0.251 e. The number of hydrogen-bond donors (Lipinski definition) is 2. The molecule has 24 heavy (non-hydrogen) atoms. The monoisotopic (exact) mass is 355 g/mol. The number of rotatable bonds is 7. The summed E-state index contributed by atoms with van der Waals surface area (Å²) >= 11 is 6.15. The molecule has 6 heteroatoms. The van der Waals surface area contributed by atoms with Gasteiger partial charge in [-0.3, -0.25) is 4.79 Å². The van der Waals surface area contributed by atoms with Crippen LogP contribution in [0.25, 0.3) is 0 Å². The Bertz CT molecular complexity index is 565. The van der Waals surface area contributed by atoms with Gasteiger partial charge in [-0.2, -0.15) is 0 Å². The highest BCUT2D eigenvalue weighted by molar-refractivity contribution is 6.32. The Hall–Kier alpha value is -1.46. The molecule has 1 aromatic rings. The molecule has 0 bridgehead atoms. The summed E-state index contributed by atoms with van der Waals surface area (Å²) in [5, 5.41) is 3.33. The zero-order valence-electron chi connectivity index (χ0n) is 14.8. The van der Waals surface area contributed by atoms with Crippen LogP contribution in [0.3, 0.4) is 0 Å². The number of carbonyl (C=O) groups excluding carboxylic acids is 1. The largest absolute Gasteiger partial charge is 0.493 e. The van der Waals surface area contributed by atoms with Gasteiger partial charge < -0.3 is 19.7 Å². The maximum atomic E-state index is 12.3. The molecule has 2 atom stereocenters. The Morgan fingerprint density at radius 2 is 2.12 bits per heavy atom. The average Bonchev–Trinajstić information content (AvgIpc) is 2.59. The zero-order valence-corrected chi connectivity index (χ0v) is 15.5. The molecule has 134 valence electrons. The molecule has 1 aliphatic heterocycles. The summed E-state index contributed by atoms with van der Waals surface area (Å²) in [4.78, 5) is 14.0. The van der Waals surface area contributed by atoms with Crippen molar-refractivity contribution in [2.45, 2.75) is 38.6 Å². The molecule has 1 fully saturated rings. The summed E-state index contributed by atoms with van der Waals surface area (Å²) in [7, 11) is 3.05. The number of methoxy groups -OCH3 is 2. The van der Waals surface area contributed by atoms with E-state index in [0.717, 1.165) is 19.0 Å². The summed E-state index contributed by atoms with van der Waals surface area (Å²) in [6.45, 7) is 5.34. The van der Waals surface area contributed by atoms with Crippen molar-refractivity contribution in [2.24, 2.45) is 0 Å². The van der Waals surface area contributed by atoms with E-state index in [1.807, 2.05) is 0 Å². The SMILES string of the molecule is COc1cc(C(=O)NCCC[NH+]2CCCC[C@H]2C)cc(Cl)c1OC. The van der Waals surface area contributed by atoms with E-state index in [9.17, 15) is 4.79 Å². The van der Waals surface area contributed by atoms with Crippen LogP contribution in [0, 0.1) is 0 Å². The van der Waals surface area contributed by atoms with Crippen molar-refractivity contribution in [3.05, 3.63) is 22.7 Å². The van der Waals surface area contributed by atoms with Gasteiger partial charge in [0.15, 0.2) is 11.5 Å². The van der Waals surface area contributed by atoms with Crippen molar-refractivity contribution in [3.63, 3.8) is 0 Å². The predicted octanol–water partition coefficient (Wildman–Crippen LogP) is 1.93. The minimum atomic E-state index is -0.139. The number of ether oxygens (including phenoxy) is 2. The maximum absolute atomic E-state index is 12.3. The summed E-state index contributed by atoms with van der Waals surface area (Å²) in [6, 6.07) is 3.99. The van der Waals surface area contributed by atoms with Crippen LogP contribution >= 0.6 is 11.6 Å². The van der Waals surface area contributed by atoms with Crippen molar-refractivity contribution in [3.8, 4) is 11.5 Å². The first-order valence-electron chi connectivity index (χ1n) is 8.61. The molecule has 2 N–H and O–H groups in total. The highest BCUT2D eigenvalue weighted by Crippen LogP contribution is 2.35. The van der Waals surface area contributed by atoms with Crippen LogP contribution in [-0.4, -0.2) is 45.8 Å². The first kappa shape index (κ1) is 18.9. The number of likely N-dealkylation sites (tertiary alicyclic amines) is 1. The van der Waals surface area contributed by atoms with E-state index in [-0.39, 0.29) is 5.91 Å². The molecule has 0 spiro atoms. The third-order valence-electron chi connectivity index (χ3n) is 4.74. The summed E-state index contributed by atoms with van der Waals surface area (Å²) in [6.07, 6.45) is 4.95. The Morgan fingerprint density at radius 3 is 2.79 bits per heavy atom. The van der Waals surface area contributed by atoms with E-state index >= 15 is 0 Å². The second-order valence-electron chi connectivity index (χ2n) is 6.36. The van der Waals surface area contributed by atoms with Gasteiger partial charge in [-0.25, -0.2) is 0 Å². The second kappa shape index (κ2) is 9.14. The Labute approximate surface area is 149 Å². The lowest BCUT2D eigenvalue weighted by molar-refractivity contribution is -0.928. The minimum Gasteiger partial charge on any atom is -0.493 e. The third kappa shape index (κ3) is 4.77. The molecule has 2 rings (SSSR count). The van der Waals surface area contributed by atoms with Gasteiger partial charge in [-0.05, 0) is 38.3 Å². The Balaban J connectivity index is 1.85. The van der Waals surface area contributed by atoms with Gasteiger partial charge in [-0.1, -0.05) is 11.6 Å². The van der Waals surface area contributed by atoms with Gasteiger partial charge in [0, 0.05) is 18.5 Å². The fraction of sp³-hybridized carbons (Fsp3) is 0.611. The predicted molar refractivity (Wildman–Crippen MR) is 95.5 cm³/mol. The first-order chi connectivity index (χ1) is 11.6. The van der Waals surface area contributed by atoms with Crippen molar-refractivity contribution in [2.75, 3.05) is 33.9 Å². The minimum absolute atomic E-state index is 0.139. The quantitative estimate of drug-likeness (QED) is 0.735. The van der Waals surface area contributed by atoms with Crippen LogP contribution in [0.5, 0.6) is 11.5 Å². The van der Waals surface area contributed by atoms with Crippen LogP contribution < -0.4 is 19.7 Å². The molecule has 1 heterocycles. The molecule has 0 aliphatic carbocycles. The van der Waals surface area contributed by atoms with E-state index in [4.69, 9.17) is 21.1 Å². The number of benzene rings is 1. The molecule has 1 saturated heterocycles. The van der Waals surface area contributed by atoms with Crippen molar-refractivity contribution >= 4 is 17.5 Å². The lowest BCUT2D eigenvalue weighted by Crippen LogP contribution is -3.16. The van der Waals surface area contributed by atoms with Crippen LogP contribution in [0.15, 0.2) is 12.1 Å². The van der Waals surface area contributed by atoms with E-state index in [1.165, 1.54) is 40.0 Å². The van der Waals surface area contributed by atoms with Gasteiger partial charge in [0.1, 0.15) is 0 Å². The molecular weight excluding hydrogens is 328 g/mol. The smallest absolute Gasteiger partial charge is 0.251 e.